The molecule has 2 heterocycles. The third-order valence-electron chi connectivity index (χ3n) is 4.54. The quantitative estimate of drug-likeness (QED) is 0.594. The molecule has 2 saturated heterocycles. The monoisotopic (exact) mass is 297 g/mol. The van der Waals surface area contributed by atoms with Crippen LogP contribution in [0, 0.1) is 11.8 Å². The van der Waals surface area contributed by atoms with Crippen LogP contribution in [0.4, 0.5) is 0 Å². The molecule has 0 aliphatic carbocycles. The van der Waals surface area contributed by atoms with Crippen molar-refractivity contribution >= 4 is 11.8 Å². The molecule has 2 aliphatic heterocycles. The Bertz CT molecular complexity index is 321. The van der Waals surface area contributed by atoms with Gasteiger partial charge in [-0.05, 0) is 63.3 Å². The Morgan fingerprint density at radius 1 is 1.50 bits per heavy atom. The highest BCUT2D eigenvalue weighted by atomic mass is 32.2. The fourth-order valence-electron chi connectivity index (χ4n) is 3.24. The second-order valence-corrected chi connectivity index (χ2v) is 7.96. The van der Waals surface area contributed by atoms with Crippen LogP contribution < -0.4 is 5.32 Å². The fourth-order valence-corrected chi connectivity index (χ4v) is 4.62. The van der Waals surface area contributed by atoms with E-state index in [0.29, 0.717) is 0 Å². The molecular formula is C17H31NOS. The van der Waals surface area contributed by atoms with E-state index in [2.05, 4.69) is 43.9 Å². The standard InChI is InChI=1S/C17H31NOS/c1-14(2)12-18-8-4-5-15(3)16-6-9-19-17(11-16)7-10-20-13-17/h5,14,16,18H,4,6-13H2,1-3H3/b15-5-. The van der Waals surface area contributed by atoms with Crippen molar-refractivity contribution in [2.24, 2.45) is 11.8 Å². The van der Waals surface area contributed by atoms with Gasteiger partial charge in [-0.25, -0.2) is 0 Å². The summed E-state index contributed by atoms with van der Waals surface area (Å²) in [4.78, 5) is 0. The number of hydrogen-bond donors (Lipinski definition) is 1. The van der Waals surface area contributed by atoms with E-state index in [1.165, 1.54) is 30.8 Å². The SMILES string of the molecule is C/C(=C/CCNCC(C)C)C1CCOC2(CCSC2)C1. The molecule has 2 rings (SSSR count). The minimum Gasteiger partial charge on any atom is -0.374 e. The minimum absolute atomic E-state index is 0.221. The molecule has 0 amide bonds. The van der Waals surface area contributed by atoms with Crippen LogP contribution in [-0.4, -0.2) is 36.8 Å². The van der Waals surface area contributed by atoms with Crippen molar-refractivity contribution in [2.75, 3.05) is 31.2 Å². The lowest BCUT2D eigenvalue weighted by atomic mass is 9.81. The maximum atomic E-state index is 6.12. The second-order valence-electron chi connectivity index (χ2n) is 6.86. The van der Waals surface area contributed by atoms with Crippen molar-refractivity contribution < 1.29 is 4.74 Å². The molecule has 0 radical (unpaired) electrons. The molecular weight excluding hydrogens is 266 g/mol. The normalized spacial score (nSPS) is 31.4. The zero-order valence-corrected chi connectivity index (χ0v) is 14.2. The van der Waals surface area contributed by atoms with Crippen molar-refractivity contribution in [2.45, 2.75) is 52.1 Å². The Balaban J connectivity index is 1.75. The molecule has 20 heavy (non-hydrogen) atoms. The number of thioether (sulfide) groups is 1. The van der Waals surface area contributed by atoms with E-state index < -0.39 is 0 Å². The first-order valence-electron chi connectivity index (χ1n) is 8.20. The number of allylic oxidation sites excluding steroid dienone is 1. The number of rotatable bonds is 6. The summed E-state index contributed by atoms with van der Waals surface area (Å²) in [6, 6.07) is 0. The Labute approximate surface area is 129 Å². The Morgan fingerprint density at radius 3 is 3.05 bits per heavy atom. The predicted octanol–water partition coefficient (Wildman–Crippen LogP) is 3.87. The van der Waals surface area contributed by atoms with Crippen molar-refractivity contribution in [3.63, 3.8) is 0 Å². The van der Waals surface area contributed by atoms with Gasteiger partial charge >= 0.3 is 0 Å². The summed E-state index contributed by atoms with van der Waals surface area (Å²) < 4.78 is 6.12. The van der Waals surface area contributed by atoms with Gasteiger partial charge in [0.25, 0.3) is 0 Å². The first kappa shape index (κ1) is 16.4. The smallest absolute Gasteiger partial charge is 0.0786 e. The van der Waals surface area contributed by atoms with Gasteiger partial charge in [0, 0.05) is 12.4 Å². The van der Waals surface area contributed by atoms with Gasteiger partial charge in [-0.1, -0.05) is 25.5 Å². The van der Waals surface area contributed by atoms with Gasteiger partial charge in [0.2, 0.25) is 0 Å². The molecule has 2 aliphatic rings. The van der Waals surface area contributed by atoms with E-state index in [4.69, 9.17) is 4.74 Å². The van der Waals surface area contributed by atoms with E-state index in [0.717, 1.165) is 38.0 Å². The minimum atomic E-state index is 0.221. The highest BCUT2D eigenvalue weighted by molar-refractivity contribution is 7.99. The van der Waals surface area contributed by atoms with Gasteiger partial charge in [-0.15, -0.1) is 0 Å². The van der Waals surface area contributed by atoms with Crippen molar-refractivity contribution in [1.82, 2.24) is 5.32 Å². The Morgan fingerprint density at radius 2 is 2.35 bits per heavy atom. The fraction of sp³-hybridized carbons (Fsp3) is 0.882. The number of ether oxygens (including phenoxy) is 1. The van der Waals surface area contributed by atoms with Gasteiger partial charge in [-0.3, -0.25) is 0 Å². The molecule has 0 aromatic rings. The second kappa shape index (κ2) is 7.86. The maximum Gasteiger partial charge on any atom is 0.0786 e. The largest absolute Gasteiger partial charge is 0.374 e. The van der Waals surface area contributed by atoms with E-state index in [1.54, 1.807) is 5.57 Å². The molecule has 3 heteroatoms. The molecule has 116 valence electrons. The molecule has 2 fully saturated rings. The summed E-state index contributed by atoms with van der Waals surface area (Å²) in [5.74, 6) is 4.00. The summed E-state index contributed by atoms with van der Waals surface area (Å²) in [6.45, 7) is 10.0. The summed E-state index contributed by atoms with van der Waals surface area (Å²) in [7, 11) is 0. The van der Waals surface area contributed by atoms with Crippen LogP contribution >= 0.6 is 11.8 Å². The average molecular weight is 298 g/mol. The molecule has 0 bridgehead atoms. The lowest BCUT2D eigenvalue weighted by Crippen LogP contribution is -2.40. The number of hydrogen-bond acceptors (Lipinski definition) is 3. The maximum absolute atomic E-state index is 6.12. The summed E-state index contributed by atoms with van der Waals surface area (Å²) >= 11 is 2.07. The number of nitrogens with one attached hydrogen (secondary N) is 1. The van der Waals surface area contributed by atoms with Crippen molar-refractivity contribution in [3.8, 4) is 0 Å². The van der Waals surface area contributed by atoms with Gasteiger partial charge in [-0.2, -0.15) is 11.8 Å². The first-order valence-corrected chi connectivity index (χ1v) is 9.36. The molecule has 2 nitrogen and oxygen atoms in total. The van der Waals surface area contributed by atoms with Gasteiger partial charge in [0.1, 0.15) is 0 Å². The lowest BCUT2D eigenvalue weighted by molar-refractivity contribution is -0.0734. The van der Waals surface area contributed by atoms with Crippen molar-refractivity contribution in [3.05, 3.63) is 11.6 Å². The highest BCUT2D eigenvalue weighted by Gasteiger charge is 2.40. The Hall–Kier alpha value is 0.0100. The molecule has 0 aromatic carbocycles. The van der Waals surface area contributed by atoms with Crippen molar-refractivity contribution in [1.29, 1.82) is 0 Å². The van der Waals surface area contributed by atoms with Gasteiger partial charge < -0.3 is 10.1 Å². The zero-order valence-electron chi connectivity index (χ0n) is 13.4. The molecule has 1 spiro atoms. The predicted molar refractivity (Wildman–Crippen MR) is 89.4 cm³/mol. The average Bonchev–Trinajstić information content (AvgIpc) is 2.86. The van der Waals surface area contributed by atoms with Gasteiger partial charge in [0.05, 0.1) is 5.60 Å². The molecule has 2 unspecified atom stereocenters. The molecule has 0 aromatic heterocycles. The van der Waals surface area contributed by atoms with E-state index in [1.807, 2.05) is 0 Å². The van der Waals surface area contributed by atoms with Crippen LogP contribution in [-0.2, 0) is 4.74 Å². The third-order valence-corrected chi connectivity index (χ3v) is 5.77. The lowest BCUT2D eigenvalue weighted by Gasteiger charge is -2.38. The molecule has 1 N–H and O–H groups in total. The topological polar surface area (TPSA) is 21.3 Å². The van der Waals surface area contributed by atoms with Crippen LogP contribution in [0.25, 0.3) is 0 Å². The van der Waals surface area contributed by atoms with E-state index in [9.17, 15) is 0 Å². The Kier molecular flexibility index (Phi) is 6.44. The molecule has 2 atom stereocenters. The van der Waals surface area contributed by atoms with Crippen LogP contribution in [0.2, 0.25) is 0 Å². The van der Waals surface area contributed by atoms with Crippen LogP contribution in [0.15, 0.2) is 11.6 Å². The van der Waals surface area contributed by atoms with E-state index in [-0.39, 0.29) is 5.60 Å². The van der Waals surface area contributed by atoms with E-state index >= 15 is 0 Å². The summed E-state index contributed by atoms with van der Waals surface area (Å²) in [5, 5.41) is 3.52. The van der Waals surface area contributed by atoms with Crippen LogP contribution in [0.3, 0.4) is 0 Å². The molecule has 0 saturated carbocycles. The third kappa shape index (κ3) is 4.78. The zero-order chi connectivity index (χ0) is 14.4. The van der Waals surface area contributed by atoms with Crippen LogP contribution in [0.1, 0.15) is 46.5 Å². The summed E-state index contributed by atoms with van der Waals surface area (Å²) in [6.07, 6.45) is 7.35. The first-order chi connectivity index (χ1) is 9.61. The van der Waals surface area contributed by atoms with Crippen LogP contribution in [0.5, 0.6) is 0 Å². The highest BCUT2D eigenvalue weighted by Crippen LogP contribution is 2.42. The van der Waals surface area contributed by atoms with Gasteiger partial charge in [0.15, 0.2) is 0 Å². The summed E-state index contributed by atoms with van der Waals surface area (Å²) in [5.41, 5.74) is 1.81.